The fourth-order valence-corrected chi connectivity index (χ4v) is 3.66. The molecule has 0 saturated carbocycles. The molecule has 1 aromatic heterocycles. The molecule has 0 spiro atoms. The summed E-state index contributed by atoms with van der Waals surface area (Å²) >= 11 is 1.44. The number of hydrogen-bond acceptors (Lipinski definition) is 5. The van der Waals surface area contributed by atoms with E-state index in [4.69, 9.17) is 10.5 Å². The maximum absolute atomic E-state index is 12.6. The lowest BCUT2D eigenvalue weighted by atomic mass is 9.97. The third-order valence-corrected chi connectivity index (χ3v) is 5.32. The average Bonchev–Trinajstić information content (AvgIpc) is 3.11. The number of nitrogens with two attached hydrogens (primary N) is 1. The van der Waals surface area contributed by atoms with E-state index >= 15 is 0 Å². The first kappa shape index (κ1) is 16.0. The van der Waals surface area contributed by atoms with Crippen LogP contribution in [0.25, 0.3) is 10.6 Å². The van der Waals surface area contributed by atoms with Crippen LogP contribution in [0.2, 0.25) is 0 Å². The molecule has 5 nitrogen and oxygen atoms in total. The quantitative estimate of drug-likeness (QED) is 0.935. The molecule has 23 heavy (non-hydrogen) atoms. The molecule has 1 saturated heterocycles. The monoisotopic (exact) mass is 331 g/mol. The molecule has 1 amide bonds. The van der Waals surface area contributed by atoms with E-state index in [0.717, 1.165) is 42.3 Å². The number of benzene rings is 1. The molecule has 2 N–H and O–H groups in total. The van der Waals surface area contributed by atoms with E-state index in [1.54, 1.807) is 13.3 Å². The van der Waals surface area contributed by atoms with Gasteiger partial charge >= 0.3 is 0 Å². The third kappa shape index (κ3) is 3.54. The van der Waals surface area contributed by atoms with E-state index < -0.39 is 0 Å². The highest BCUT2D eigenvalue weighted by Gasteiger charge is 2.24. The Morgan fingerprint density at radius 2 is 2.04 bits per heavy atom. The second-order valence-electron chi connectivity index (χ2n) is 5.73. The normalized spacial score (nSPS) is 15.7. The predicted molar refractivity (Wildman–Crippen MR) is 91.8 cm³/mol. The van der Waals surface area contributed by atoms with Crippen LogP contribution in [0.3, 0.4) is 0 Å². The van der Waals surface area contributed by atoms with Crippen LogP contribution in [-0.4, -0.2) is 42.5 Å². The molecule has 0 aliphatic carbocycles. The van der Waals surface area contributed by atoms with Gasteiger partial charge in [-0.1, -0.05) is 0 Å². The van der Waals surface area contributed by atoms with Gasteiger partial charge in [0.1, 0.15) is 15.6 Å². The number of piperidine rings is 1. The Bertz CT molecular complexity index is 661. The van der Waals surface area contributed by atoms with Crippen LogP contribution in [-0.2, 0) is 0 Å². The highest BCUT2D eigenvalue weighted by Crippen LogP contribution is 2.28. The van der Waals surface area contributed by atoms with Gasteiger partial charge in [-0.3, -0.25) is 4.79 Å². The summed E-state index contributed by atoms with van der Waals surface area (Å²) in [5.74, 6) is 1.44. The summed E-state index contributed by atoms with van der Waals surface area (Å²) in [5, 5.41) is 0.854. The molecule has 1 aromatic carbocycles. The highest BCUT2D eigenvalue weighted by molar-refractivity contribution is 7.16. The highest BCUT2D eigenvalue weighted by atomic mass is 32.1. The Balaban J connectivity index is 1.69. The molecule has 6 heteroatoms. The first-order valence-corrected chi connectivity index (χ1v) is 8.62. The molecule has 0 atom stereocenters. The number of aromatic nitrogens is 1. The summed E-state index contributed by atoms with van der Waals surface area (Å²) in [6.07, 6.45) is 3.67. The average molecular weight is 331 g/mol. The van der Waals surface area contributed by atoms with Crippen molar-refractivity contribution in [3.05, 3.63) is 35.3 Å². The summed E-state index contributed by atoms with van der Waals surface area (Å²) in [6.45, 7) is 2.29. The van der Waals surface area contributed by atoms with Crippen molar-refractivity contribution >= 4 is 17.2 Å². The van der Waals surface area contributed by atoms with Gasteiger partial charge in [-0.05, 0) is 49.6 Å². The van der Waals surface area contributed by atoms with Crippen LogP contribution >= 0.6 is 11.3 Å². The number of hydrogen-bond donors (Lipinski definition) is 1. The van der Waals surface area contributed by atoms with Crippen molar-refractivity contribution in [2.45, 2.75) is 12.8 Å². The number of thiazole rings is 1. The second-order valence-corrected chi connectivity index (χ2v) is 6.76. The van der Waals surface area contributed by atoms with Gasteiger partial charge in [0.05, 0.1) is 13.3 Å². The van der Waals surface area contributed by atoms with Crippen LogP contribution in [0.15, 0.2) is 30.5 Å². The van der Waals surface area contributed by atoms with Crippen LogP contribution < -0.4 is 10.5 Å². The molecule has 0 unspecified atom stereocenters. The molecule has 3 rings (SSSR count). The SMILES string of the molecule is COc1ccc(-c2ncc(C(=O)N3CCC(CN)CC3)s2)cc1. The van der Waals surface area contributed by atoms with E-state index in [2.05, 4.69) is 4.98 Å². The molecular weight excluding hydrogens is 310 g/mol. The summed E-state index contributed by atoms with van der Waals surface area (Å²) < 4.78 is 5.16. The Kier molecular flexibility index (Phi) is 4.93. The molecule has 1 fully saturated rings. The molecule has 2 aromatic rings. The van der Waals surface area contributed by atoms with Crippen molar-refractivity contribution in [3.63, 3.8) is 0 Å². The maximum Gasteiger partial charge on any atom is 0.265 e. The van der Waals surface area contributed by atoms with Gasteiger partial charge in [-0.2, -0.15) is 0 Å². The summed E-state index contributed by atoms with van der Waals surface area (Å²) in [7, 11) is 1.64. The molecule has 0 radical (unpaired) electrons. The summed E-state index contributed by atoms with van der Waals surface area (Å²) in [6, 6.07) is 7.71. The zero-order valence-electron chi connectivity index (χ0n) is 13.2. The van der Waals surface area contributed by atoms with Crippen molar-refractivity contribution in [1.82, 2.24) is 9.88 Å². The summed E-state index contributed by atoms with van der Waals surface area (Å²) in [5.41, 5.74) is 6.70. The maximum atomic E-state index is 12.6. The van der Waals surface area contributed by atoms with E-state index in [1.165, 1.54) is 11.3 Å². The Morgan fingerprint density at radius 3 is 2.65 bits per heavy atom. The summed E-state index contributed by atoms with van der Waals surface area (Å²) in [4.78, 5) is 19.6. The first-order valence-electron chi connectivity index (χ1n) is 7.81. The van der Waals surface area contributed by atoms with E-state index in [1.807, 2.05) is 29.2 Å². The van der Waals surface area contributed by atoms with Gasteiger partial charge in [-0.25, -0.2) is 4.98 Å². The van der Waals surface area contributed by atoms with Crippen LogP contribution in [0.1, 0.15) is 22.5 Å². The number of likely N-dealkylation sites (tertiary alicyclic amines) is 1. The minimum atomic E-state index is 0.0812. The third-order valence-electron chi connectivity index (χ3n) is 4.29. The number of methoxy groups -OCH3 is 1. The van der Waals surface area contributed by atoms with E-state index in [0.29, 0.717) is 17.3 Å². The fraction of sp³-hybridized carbons (Fsp3) is 0.412. The van der Waals surface area contributed by atoms with Crippen molar-refractivity contribution in [2.75, 3.05) is 26.7 Å². The van der Waals surface area contributed by atoms with Crippen LogP contribution in [0, 0.1) is 5.92 Å². The van der Waals surface area contributed by atoms with Gasteiger partial charge in [0, 0.05) is 18.7 Å². The number of carbonyl (C=O) groups excluding carboxylic acids is 1. The molecular formula is C17H21N3O2S. The van der Waals surface area contributed by atoms with Gasteiger partial charge < -0.3 is 15.4 Å². The molecule has 2 heterocycles. The molecule has 0 bridgehead atoms. The van der Waals surface area contributed by atoms with Crippen molar-refractivity contribution in [2.24, 2.45) is 11.7 Å². The van der Waals surface area contributed by atoms with Gasteiger partial charge in [0.25, 0.3) is 5.91 Å². The molecule has 1 aliphatic heterocycles. The lowest BCUT2D eigenvalue weighted by Crippen LogP contribution is -2.39. The molecule has 122 valence electrons. The number of amides is 1. The smallest absolute Gasteiger partial charge is 0.265 e. The van der Waals surface area contributed by atoms with Gasteiger partial charge in [-0.15, -0.1) is 11.3 Å². The van der Waals surface area contributed by atoms with Gasteiger partial charge in [0.15, 0.2) is 0 Å². The van der Waals surface area contributed by atoms with Crippen LogP contribution in [0.5, 0.6) is 5.75 Å². The Labute approximate surface area is 140 Å². The Morgan fingerprint density at radius 1 is 1.35 bits per heavy atom. The number of nitrogens with zero attached hydrogens (tertiary/aromatic N) is 2. The number of ether oxygens (including phenoxy) is 1. The zero-order valence-corrected chi connectivity index (χ0v) is 14.0. The van der Waals surface area contributed by atoms with Crippen molar-refractivity contribution in [3.8, 4) is 16.3 Å². The minimum absolute atomic E-state index is 0.0812. The van der Waals surface area contributed by atoms with Gasteiger partial charge in [0.2, 0.25) is 0 Å². The van der Waals surface area contributed by atoms with E-state index in [-0.39, 0.29) is 5.91 Å². The molecule has 1 aliphatic rings. The fourth-order valence-electron chi connectivity index (χ4n) is 2.77. The van der Waals surface area contributed by atoms with Crippen LogP contribution in [0.4, 0.5) is 0 Å². The van der Waals surface area contributed by atoms with E-state index in [9.17, 15) is 4.79 Å². The minimum Gasteiger partial charge on any atom is -0.497 e. The zero-order chi connectivity index (χ0) is 16.2. The van der Waals surface area contributed by atoms with Crippen molar-refractivity contribution in [1.29, 1.82) is 0 Å². The number of rotatable bonds is 4. The lowest BCUT2D eigenvalue weighted by molar-refractivity contribution is 0.0698. The topological polar surface area (TPSA) is 68.5 Å². The largest absolute Gasteiger partial charge is 0.497 e. The predicted octanol–water partition coefficient (Wildman–Crippen LogP) is 2.63. The standard InChI is InChI=1S/C17H21N3O2S/c1-22-14-4-2-13(3-5-14)16-19-11-15(23-16)17(21)20-8-6-12(10-18)7-9-20/h2-5,11-12H,6-10,18H2,1H3. The lowest BCUT2D eigenvalue weighted by Gasteiger charge is -2.30. The first-order chi connectivity index (χ1) is 11.2. The Hall–Kier alpha value is -1.92. The second kappa shape index (κ2) is 7.10. The van der Waals surface area contributed by atoms with Crippen molar-refractivity contribution < 1.29 is 9.53 Å². The number of carbonyl (C=O) groups is 1.